The van der Waals surface area contributed by atoms with Crippen molar-refractivity contribution in [3.05, 3.63) is 94.7 Å². The number of rotatable bonds is 19. The number of benzene rings is 3. The molecule has 0 bridgehead atoms. The minimum atomic E-state index is -1.14. The molecule has 21 heteroatoms. The normalized spacial score (nSPS) is 15.1. The van der Waals surface area contributed by atoms with Crippen molar-refractivity contribution < 1.29 is 47.8 Å². The van der Waals surface area contributed by atoms with Crippen molar-refractivity contribution in [2.75, 3.05) is 45.2 Å². The standard InChI is InChI=1S/C44H49N11O10/c1-4-47-31(20-25(2)45)39(59)52-43-50-30-22-27(38(46)58)12-13-32(30)54(43)18-7-16-49-44(63)53(3)23-26-8-5-9-28(21-26)64-19-17-48-36(57)24-65-34-11-6-10-29-37(34)42(62)55(41(29)61)33-14-15-35(56)51-40(33)60/h5-6,8-13,20-22,33H,4,7,14-19,23-24,45H2,1-3H3,(H2,46,58)(H,48,57)(H,49,63)(H,50,52,59)(H,51,56,60). The molecule has 6 rings (SSSR count). The van der Waals surface area contributed by atoms with Crippen molar-refractivity contribution in [2.24, 2.45) is 16.5 Å². The Hall–Kier alpha value is -8.10. The SMILES string of the molecule is CCN=C(C=C(C)N)C(=O)Nc1nc2cc(C(N)=O)ccc2n1CCCNC(=O)N(C)Cc1cccc(OCCNC(=O)COc2cccc3c2C(=O)N(C2CCC(=O)NC2=O)C3=O)c1. The number of hydrogen-bond donors (Lipinski definition) is 6. The van der Waals surface area contributed by atoms with Crippen LogP contribution in [0.25, 0.3) is 11.0 Å². The lowest BCUT2D eigenvalue weighted by molar-refractivity contribution is -0.136. The van der Waals surface area contributed by atoms with Crippen LogP contribution in [0.4, 0.5) is 10.7 Å². The van der Waals surface area contributed by atoms with Crippen molar-refractivity contribution in [1.82, 2.24) is 35.3 Å². The number of ether oxygens (including phenoxy) is 2. The van der Waals surface area contributed by atoms with Gasteiger partial charge in [-0.15, -0.1) is 0 Å². The second kappa shape index (κ2) is 20.8. The summed E-state index contributed by atoms with van der Waals surface area (Å²) in [5, 5.41) is 10.5. The van der Waals surface area contributed by atoms with Crippen LogP contribution in [0.3, 0.4) is 0 Å². The Morgan fingerprint density at radius 2 is 1.77 bits per heavy atom. The zero-order valence-corrected chi connectivity index (χ0v) is 36.0. The molecule has 3 heterocycles. The van der Waals surface area contributed by atoms with Gasteiger partial charge in [0.2, 0.25) is 23.7 Å². The van der Waals surface area contributed by atoms with Crippen LogP contribution in [0.15, 0.2) is 77.4 Å². The maximum absolute atomic E-state index is 13.3. The fraction of sp³-hybridized carbons (Fsp3) is 0.318. The van der Waals surface area contributed by atoms with Gasteiger partial charge in [0.25, 0.3) is 23.6 Å². The second-order valence-electron chi connectivity index (χ2n) is 15.1. The molecular formula is C44H49N11O10. The average molecular weight is 892 g/mol. The topological polar surface area (TPSA) is 292 Å². The largest absolute Gasteiger partial charge is 0.492 e. The number of aryl methyl sites for hydroxylation is 1. The molecule has 21 nitrogen and oxygen atoms in total. The maximum Gasteiger partial charge on any atom is 0.317 e. The molecule has 340 valence electrons. The van der Waals surface area contributed by atoms with Crippen LogP contribution in [0.5, 0.6) is 11.5 Å². The van der Waals surface area contributed by atoms with Gasteiger partial charge in [0.15, 0.2) is 6.61 Å². The number of anilines is 1. The molecule has 9 amide bonds. The number of urea groups is 1. The number of nitrogens with two attached hydrogens (primary N) is 2. The predicted octanol–water partition coefficient (Wildman–Crippen LogP) is 1.60. The van der Waals surface area contributed by atoms with Gasteiger partial charge in [-0.25, -0.2) is 9.78 Å². The maximum atomic E-state index is 13.3. The molecule has 1 saturated heterocycles. The van der Waals surface area contributed by atoms with Crippen LogP contribution in [-0.2, 0) is 32.3 Å². The van der Waals surface area contributed by atoms with Gasteiger partial charge >= 0.3 is 6.03 Å². The Morgan fingerprint density at radius 1 is 0.985 bits per heavy atom. The number of aliphatic imine (C=N–C) groups is 1. The molecule has 1 aromatic heterocycles. The number of imidazole rings is 1. The summed E-state index contributed by atoms with van der Waals surface area (Å²) in [6.07, 6.45) is 1.91. The summed E-state index contributed by atoms with van der Waals surface area (Å²) in [4.78, 5) is 112. The quantitative estimate of drug-likeness (QED) is 0.0445. The number of primary amides is 1. The highest BCUT2D eigenvalue weighted by molar-refractivity contribution is 6.47. The van der Waals surface area contributed by atoms with Crippen molar-refractivity contribution in [2.45, 2.75) is 52.2 Å². The molecular weight excluding hydrogens is 843 g/mol. The summed E-state index contributed by atoms with van der Waals surface area (Å²) in [6.45, 7) is 4.40. The molecule has 8 N–H and O–H groups in total. The fourth-order valence-corrected chi connectivity index (χ4v) is 7.14. The molecule has 4 aromatic rings. The van der Waals surface area contributed by atoms with Crippen LogP contribution in [0, 0.1) is 0 Å². The highest BCUT2D eigenvalue weighted by Crippen LogP contribution is 2.33. The number of carbonyl (C=O) groups excluding carboxylic acids is 8. The van der Waals surface area contributed by atoms with Crippen molar-refractivity contribution in [3.63, 3.8) is 0 Å². The molecule has 1 fully saturated rings. The van der Waals surface area contributed by atoms with E-state index in [4.69, 9.17) is 20.9 Å². The number of aromatic nitrogens is 2. The van der Waals surface area contributed by atoms with Crippen LogP contribution in [-0.4, -0.2) is 118 Å². The summed E-state index contributed by atoms with van der Waals surface area (Å²) in [7, 11) is 1.65. The Labute approximate surface area is 372 Å². The summed E-state index contributed by atoms with van der Waals surface area (Å²) in [5.74, 6) is -3.58. The number of allylic oxidation sites excluding steroid dienone is 1. The van der Waals surface area contributed by atoms with Gasteiger partial charge in [0.05, 0.1) is 28.7 Å². The average Bonchev–Trinajstić information content (AvgIpc) is 3.74. The highest BCUT2D eigenvalue weighted by atomic mass is 16.5. The molecule has 1 unspecified atom stereocenters. The molecule has 65 heavy (non-hydrogen) atoms. The van der Waals surface area contributed by atoms with Crippen LogP contribution >= 0.6 is 0 Å². The lowest BCUT2D eigenvalue weighted by atomic mass is 10.0. The van der Waals surface area contributed by atoms with E-state index in [1.807, 2.05) is 6.07 Å². The van der Waals surface area contributed by atoms with Gasteiger partial charge in [-0.1, -0.05) is 18.2 Å². The summed E-state index contributed by atoms with van der Waals surface area (Å²) in [6, 6.07) is 14.8. The highest BCUT2D eigenvalue weighted by Gasteiger charge is 2.46. The number of fused-ring (bicyclic) bond motifs is 2. The van der Waals surface area contributed by atoms with E-state index >= 15 is 0 Å². The summed E-state index contributed by atoms with van der Waals surface area (Å²) < 4.78 is 13.2. The van der Waals surface area contributed by atoms with E-state index in [2.05, 4.69) is 31.2 Å². The van der Waals surface area contributed by atoms with Crippen molar-refractivity contribution >= 4 is 70.1 Å². The number of hydrogen-bond acceptors (Lipinski definition) is 13. The first-order valence-corrected chi connectivity index (χ1v) is 20.7. The summed E-state index contributed by atoms with van der Waals surface area (Å²) in [5.41, 5.74) is 13.9. The van der Waals surface area contributed by atoms with E-state index < -0.39 is 54.0 Å². The van der Waals surface area contributed by atoms with Gasteiger partial charge in [0.1, 0.15) is 29.9 Å². The van der Waals surface area contributed by atoms with Gasteiger partial charge in [-0.2, -0.15) is 0 Å². The molecule has 1 atom stereocenters. The number of nitrogens with zero attached hydrogens (tertiary/aromatic N) is 5. The number of imide groups is 2. The van der Waals surface area contributed by atoms with Gasteiger partial charge < -0.3 is 41.0 Å². The molecule has 0 radical (unpaired) electrons. The van der Waals surface area contributed by atoms with Crippen molar-refractivity contribution in [1.29, 1.82) is 0 Å². The van der Waals surface area contributed by atoms with Crippen LogP contribution < -0.4 is 42.2 Å². The van der Waals surface area contributed by atoms with E-state index in [1.165, 1.54) is 29.2 Å². The molecule has 2 aliphatic heterocycles. The third-order valence-corrected chi connectivity index (χ3v) is 10.2. The summed E-state index contributed by atoms with van der Waals surface area (Å²) >= 11 is 0. The number of nitrogens with one attached hydrogen (secondary N) is 4. The smallest absolute Gasteiger partial charge is 0.317 e. The molecule has 0 aliphatic carbocycles. The van der Waals surface area contributed by atoms with E-state index in [-0.39, 0.29) is 79.2 Å². The zero-order valence-electron chi connectivity index (χ0n) is 36.0. The van der Waals surface area contributed by atoms with Gasteiger partial charge in [-0.3, -0.25) is 54.1 Å². The number of amides is 9. The molecule has 0 saturated carbocycles. The lowest BCUT2D eigenvalue weighted by Crippen LogP contribution is -2.54. The molecule has 2 aliphatic rings. The first kappa shape index (κ1) is 46.4. The van der Waals surface area contributed by atoms with Gasteiger partial charge in [0, 0.05) is 50.9 Å². The van der Waals surface area contributed by atoms with E-state index in [0.717, 1.165) is 10.5 Å². The van der Waals surface area contributed by atoms with Crippen LogP contribution in [0.2, 0.25) is 0 Å². The Kier molecular flexibility index (Phi) is 14.9. The number of carbonyl (C=O) groups is 8. The third kappa shape index (κ3) is 11.3. The predicted molar refractivity (Wildman–Crippen MR) is 236 cm³/mol. The molecule has 0 spiro atoms. The fourth-order valence-electron chi connectivity index (χ4n) is 7.14. The van der Waals surface area contributed by atoms with Crippen LogP contribution in [0.1, 0.15) is 69.7 Å². The third-order valence-electron chi connectivity index (χ3n) is 10.2. The second-order valence-corrected chi connectivity index (χ2v) is 15.1. The monoisotopic (exact) mass is 891 g/mol. The van der Waals surface area contributed by atoms with E-state index in [1.54, 1.807) is 61.9 Å². The molecule has 3 aromatic carbocycles. The first-order valence-electron chi connectivity index (χ1n) is 20.7. The van der Waals surface area contributed by atoms with E-state index in [9.17, 15) is 38.4 Å². The minimum absolute atomic E-state index is 0.00324. The van der Waals surface area contributed by atoms with E-state index in [0.29, 0.717) is 42.0 Å². The number of piperidine rings is 1. The Bertz CT molecular complexity index is 2620. The Morgan fingerprint density at radius 3 is 2.51 bits per heavy atom. The first-order chi connectivity index (χ1) is 31.1. The minimum Gasteiger partial charge on any atom is -0.492 e. The Balaban J connectivity index is 0.949. The zero-order chi connectivity index (χ0) is 46.8. The lowest BCUT2D eigenvalue weighted by Gasteiger charge is -2.27. The van der Waals surface area contributed by atoms with Gasteiger partial charge in [-0.05, 0) is 80.8 Å². The van der Waals surface area contributed by atoms with Crippen molar-refractivity contribution in [3.8, 4) is 11.5 Å².